The van der Waals surface area contributed by atoms with E-state index in [1.807, 2.05) is 50.2 Å². The monoisotopic (exact) mass is 553 g/mol. The Morgan fingerprint density at radius 3 is 2.78 bits per heavy atom. The fourth-order valence-electron chi connectivity index (χ4n) is 4.36. The maximum Gasteiger partial charge on any atom is 0.255 e. The fourth-order valence-corrected chi connectivity index (χ4v) is 4.93. The van der Waals surface area contributed by atoms with E-state index < -0.39 is 6.04 Å². The van der Waals surface area contributed by atoms with Gasteiger partial charge in [0.15, 0.2) is 11.5 Å². The van der Waals surface area contributed by atoms with Gasteiger partial charge < -0.3 is 20.1 Å². The van der Waals surface area contributed by atoms with E-state index >= 15 is 0 Å². The van der Waals surface area contributed by atoms with Crippen LogP contribution in [0.25, 0.3) is 0 Å². The second-order valence-corrected chi connectivity index (χ2v) is 9.72. The highest BCUT2D eigenvalue weighted by molar-refractivity contribution is 9.10. The van der Waals surface area contributed by atoms with E-state index in [0.717, 1.165) is 34.1 Å². The minimum atomic E-state index is -0.516. The zero-order valence-electron chi connectivity index (χ0n) is 21.1. The summed E-state index contributed by atoms with van der Waals surface area (Å²) in [6.07, 6.45) is 5.95. The van der Waals surface area contributed by atoms with Crippen molar-refractivity contribution in [3.05, 3.63) is 69.6 Å². The minimum absolute atomic E-state index is 0.219. The Morgan fingerprint density at radius 2 is 2.03 bits per heavy atom. The minimum Gasteiger partial charge on any atom is -0.493 e. The van der Waals surface area contributed by atoms with Gasteiger partial charge in [0.25, 0.3) is 5.91 Å². The average Bonchev–Trinajstić information content (AvgIpc) is 3.31. The van der Waals surface area contributed by atoms with E-state index in [1.54, 1.807) is 11.8 Å². The van der Waals surface area contributed by atoms with Gasteiger partial charge in [-0.3, -0.25) is 4.79 Å². The Bertz CT molecular complexity index is 1270. The number of aromatic nitrogens is 3. The molecule has 1 aromatic heterocycles. The van der Waals surface area contributed by atoms with Crippen molar-refractivity contribution in [3.63, 3.8) is 0 Å². The number of nitrogens with zero attached hydrogens (tertiary/aromatic N) is 3. The number of amides is 1. The van der Waals surface area contributed by atoms with Gasteiger partial charge in [-0.1, -0.05) is 38.3 Å². The molecule has 1 aliphatic rings. The second-order valence-electron chi connectivity index (χ2n) is 8.86. The molecule has 2 heterocycles. The highest BCUT2D eigenvalue weighted by Crippen LogP contribution is 2.42. The van der Waals surface area contributed by atoms with Crippen molar-refractivity contribution in [1.29, 1.82) is 0 Å². The number of rotatable bonds is 10. The Balaban J connectivity index is 1.69. The number of nitrogens with one attached hydrogen (secondary N) is 2. The number of aryl methyl sites for hydroxylation is 1. The van der Waals surface area contributed by atoms with Crippen LogP contribution in [0, 0.1) is 6.92 Å². The number of carbonyl (C=O) groups is 1. The van der Waals surface area contributed by atoms with E-state index in [4.69, 9.17) is 9.47 Å². The number of methoxy groups -OCH3 is 1. The Kier molecular flexibility index (Phi) is 8.30. The van der Waals surface area contributed by atoms with E-state index in [-0.39, 0.29) is 5.91 Å². The molecule has 3 aromatic rings. The Morgan fingerprint density at radius 1 is 1.19 bits per heavy atom. The molecule has 1 amide bonds. The quantitative estimate of drug-likeness (QED) is 0.288. The standard InChI is InChI=1S/C27H32BrN5O3/c1-5-6-7-8-12-36-25-21(28)14-19(15-22(25)35-4)24-23(18(3)31-27-29-16-30-33(24)27)26(34)32-20-11-9-10-17(2)13-20/h9-11,13-16,24H,5-8,12H2,1-4H3,(H,32,34)(H,29,30,31). The van der Waals surface area contributed by atoms with Crippen LogP contribution in [0.1, 0.15) is 56.7 Å². The van der Waals surface area contributed by atoms with Gasteiger partial charge in [0.05, 0.1) is 23.8 Å². The van der Waals surface area contributed by atoms with E-state index in [1.165, 1.54) is 19.2 Å². The van der Waals surface area contributed by atoms with Gasteiger partial charge in [0, 0.05) is 11.4 Å². The molecular formula is C27H32BrN5O3. The molecule has 36 heavy (non-hydrogen) atoms. The van der Waals surface area contributed by atoms with Crippen LogP contribution in [0.3, 0.4) is 0 Å². The average molecular weight is 554 g/mol. The van der Waals surface area contributed by atoms with E-state index in [0.29, 0.717) is 35.3 Å². The lowest BCUT2D eigenvalue weighted by Crippen LogP contribution is -2.31. The summed E-state index contributed by atoms with van der Waals surface area (Å²) < 4.78 is 14.2. The van der Waals surface area contributed by atoms with Crippen molar-refractivity contribution in [2.75, 3.05) is 24.4 Å². The Hall–Kier alpha value is -3.33. The summed E-state index contributed by atoms with van der Waals surface area (Å²) in [6.45, 7) is 6.66. The molecule has 2 N–H and O–H groups in total. The molecule has 9 heteroatoms. The molecular weight excluding hydrogens is 522 g/mol. The lowest BCUT2D eigenvalue weighted by Gasteiger charge is -2.29. The first-order valence-electron chi connectivity index (χ1n) is 12.2. The number of carbonyl (C=O) groups excluding carboxylic acids is 1. The SMILES string of the molecule is CCCCCCOc1c(Br)cc(C2C(C(=O)Nc3cccc(C)c3)=C(C)Nc3ncnn32)cc1OC. The first kappa shape index (κ1) is 25.8. The smallest absolute Gasteiger partial charge is 0.255 e. The van der Waals surface area contributed by atoms with Crippen LogP contribution in [0.15, 0.2) is 58.5 Å². The maximum absolute atomic E-state index is 13.6. The largest absolute Gasteiger partial charge is 0.493 e. The zero-order valence-corrected chi connectivity index (χ0v) is 22.7. The first-order valence-corrected chi connectivity index (χ1v) is 13.0. The van der Waals surface area contributed by atoms with Crippen molar-refractivity contribution >= 4 is 33.5 Å². The van der Waals surface area contributed by atoms with Gasteiger partial charge in [-0.25, -0.2) is 4.68 Å². The highest BCUT2D eigenvalue weighted by Gasteiger charge is 2.34. The number of allylic oxidation sites excluding steroid dienone is 1. The third-order valence-electron chi connectivity index (χ3n) is 6.13. The number of unbranched alkanes of at least 4 members (excludes halogenated alkanes) is 3. The van der Waals surface area contributed by atoms with Gasteiger partial charge in [0.1, 0.15) is 12.4 Å². The lowest BCUT2D eigenvalue weighted by atomic mass is 9.94. The van der Waals surface area contributed by atoms with Crippen LogP contribution in [-0.4, -0.2) is 34.4 Å². The summed E-state index contributed by atoms with van der Waals surface area (Å²) >= 11 is 3.67. The van der Waals surface area contributed by atoms with Crippen LogP contribution in [-0.2, 0) is 4.79 Å². The molecule has 2 aromatic carbocycles. The third kappa shape index (κ3) is 5.56. The van der Waals surface area contributed by atoms with Crippen molar-refractivity contribution in [1.82, 2.24) is 14.8 Å². The molecule has 0 bridgehead atoms. The van der Waals surface area contributed by atoms with Crippen LogP contribution in [0.4, 0.5) is 11.6 Å². The molecule has 1 unspecified atom stereocenters. The molecule has 0 saturated heterocycles. The summed E-state index contributed by atoms with van der Waals surface area (Å²) in [5.74, 6) is 1.59. The van der Waals surface area contributed by atoms with E-state index in [2.05, 4.69) is 43.6 Å². The van der Waals surface area contributed by atoms with Gasteiger partial charge in [0.2, 0.25) is 5.95 Å². The predicted octanol–water partition coefficient (Wildman–Crippen LogP) is 6.24. The molecule has 0 aliphatic carbocycles. The fraction of sp³-hybridized carbons (Fsp3) is 0.370. The molecule has 4 rings (SSSR count). The maximum atomic E-state index is 13.6. The molecule has 1 aliphatic heterocycles. The predicted molar refractivity (Wildman–Crippen MR) is 145 cm³/mol. The van der Waals surface area contributed by atoms with Gasteiger partial charge in [-0.2, -0.15) is 10.1 Å². The van der Waals surface area contributed by atoms with E-state index in [9.17, 15) is 4.79 Å². The van der Waals surface area contributed by atoms with Crippen LogP contribution in [0.5, 0.6) is 11.5 Å². The summed E-state index contributed by atoms with van der Waals surface area (Å²) in [6, 6.07) is 11.1. The molecule has 8 nitrogen and oxygen atoms in total. The van der Waals surface area contributed by atoms with Gasteiger partial charge in [-0.15, -0.1) is 0 Å². The van der Waals surface area contributed by atoms with Crippen molar-refractivity contribution < 1.29 is 14.3 Å². The van der Waals surface area contributed by atoms with Gasteiger partial charge >= 0.3 is 0 Å². The number of anilines is 2. The summed E-state index contributed by atoms with van der Waals surface area (Å²) in [7, 11) is 1.62. The molecule has 0 spiro atoms. The normalized spacial score (nSPS) is 14.8. The molecule has 0 fully saturated rings. The van der Waals surface area contributed by atoms with Gasteiger partial charge in [-0.05, 0) is 71.6 Å². The number of benzene rings is 2. The summed E-state index contributed by atoms with van der Waals surface area (Å²) in [4.78, 5) is 17.9. The topological polar surface area (TPSA) is 90.3 Å². The molecule has 1 atom stereocenters. The zero-order chi connectivity index (χ0) is 25.7. The number of ether oxygens (including phenoxy) is 2. The third-order valence-corrected chi connectivity index (χ3v) is 6.72. The number of hydrogen-bond donors (Lipinski definition) is 2. The number of hydrogen-bond acceptors (Lipinski definition) is 6. The van der Waals surface area contributed by atoms with Crippen LogP contribution in [0.2, 0.25) is 0 Å². The highest BCUT2D eigenvalue weighted by atomic mass is 79.9. The summed E-state index contributed by atoms with van der Waals surface area (Å²) in [5.41, 5.74) is 3.86. The van der Waals surface area contributed by atoms with Crippen molar-refractivity contribution in [3.8, 4) is 11.5 Å². The lowest BCUT2D eigenvalue weighted by molar-refractivity contribution is -0.113. The van der Waals surface area contributed by atoms with Crippen LogP contribution >= 0.6 is 15.9 Å². The van der Waals surface area contributed by atoms with Crippen LogP contribution < -0.4 is 20.1 Å². The molecule has 0 saturated carbocycles. The first-order chi connectivity index (χ1) is 17.4. The number of halogens is 1. The molecule has 190 valence electrons. The molecule has 0 radical (unpaired) electrons. The van der Waals surface area contributed by atoms with Crippen molar-refractivity contribution in [2.24, 2.45) is 0 Å². The Labute approximate surface area is 220 Å². The van der Waals surface area contributed by atoms with Crippen molar-refractivity contribution in [2.45, 2.75) is 52.5 Å². The second kappa shape index (κ2) is 11.6. The summed E-state index contributed by atoms with van der Waals surface area (Å²) in [5, 5.41) is 10.7. The number of fused-ring (bicyclic) bond motifs is 1.